The molecule has 1 aromatic rings. The van der Waals surface area contributed by atoms with E-state index in [2.05, 4.69) is 16.7 Å². The summed E-state index contributed by atoms with van der Waals surface area (Å²) in [5.74, 6) is 2.47. The first-order valence-corrected chi connectivity index (χ1v) is 9.79. The van der Waals surface area contributed by atoms with Crippen molar-refractivity contribution in [2.75, 3.05) is 24.6 Å². The number of carbonyl (C=O) groups excluding carboxylic acids is 2. The van der Waals surface area contributed by atoms with Gasteiger partial charge in [-0.3, -0.25) is 9.59 Å². The average molecular weight is 347 g/mol. The molecule has 24 heavy (non-hydrogen) atoms. The van der Waals surface area contributed by atoms with Gasteiger partial charge in [-0.25, -0.2) is 0 Å². The lowest BCUT2D eigenvalue weighted by atomic mass is 10.1. The predicted molar refractivity (Wildman–Crippen MR) is 96.7 cm³/mol. The quantitative estimate of drug-likeness (QED) is 0.819. The van der Waals surface area contributed by atoms with Gasteiger partial charge in [0.15, 0.2) is 0 Å². The molecule has 3 rings (SSSR count). The summed E-state index contributed by atoms with van der Waals surface area (Å²) in [5, 5.41) is 6.39. The average Bonchev–Trinajstić information content (AvgIpc) is 2.99. The first-order chi connectivity index (χ1) is 11.7. The number of thioether (sulfide) groups is 1. The predicted octanol–water partition coefficient (Wildman–Crippen LogP) is 1.52. The Bertz CT molecular complexity index is 587. The molecule has 1 unspecified atom stereocenters. The van der Waals surface area contributed by atoms with Crippen molar-refractivity contribution in [3.63, 3.8) is 0 Å². The molecule has 1 atom stereocenters. The molecule has 0 bridgehead atoms. The Kier molecular flexibility index (Phi) is 6.15. The second-order valence-electron chi connectivity index (χ2n) is 6.45. The molecule has 2 amide bonds. The molecule has 2 aliphatic rings. The van der Waals surface area contributed by atoms with E-state index in [9.17, 15) is 9.59 Å². The Morgan fingerprint density at radius 2 is 2.25 bits per heavy atom. The van der Waals surface area contributed by atoms with E-state index in [0.717, 1.165) is 42.1 Å². The van der Waals surface area contributed by atoms with Crippen LogP contribution in [0.1, 0.15) is 30.4 Å². The zero-order valence-corrected chi connectivity index (χ0v) is 14.7. The SMILES string of the molecule is O=C(CC1CSCCN1)NCc1cccc(CN2CCCC2=O)c1. The van der Waals surface area contributed by atoms with Crippen LogP contribution in [0.3, 0.4) is 0 Å². The molecule has 6 heteroatoms. The fourth-order valence-electron chi connectivity index (χ4n) is 3.18. The van der Waals surface area contributed by atoms with Crippen LogP contribution in [-0.4, -0.2) is 47.4 Å². The number of nitrogens with zero attached hydrogens (tertiary/aromatic N) is 1. The zero-order chi connectivity index (χ0) is 16.8. The number of amides is 2. The van der Waals surface area contributed by atoms with E-state index >= 15 is 0 Å². The smallest absolute Gasteiger partial charge is 0.222 e. The van der Waals surface area contributed by atoms with Crippen LogP contribution < -0.4 is 10.6 Å². The van der Waals surface area contributed by atoms with E-state index in [1.165, 1.54) is 0 Å². The molecule has 5 nitrogen and oxygen atoms in total. The summed E-state index contributed by atoms with van der Waals surface area (Å²) in [4.78, 5) is 25.7. The summed E-state index contributed by atoms with van der Waals surface area (Å²) in [5.41, 5.74) is 2.21. The van der Waals surface area contributed by atoms with Gasteiger partial charge in [0.25, 0.3) is 0 Å². The summed E-state index contributed by atoms with van der Waals surface area (Å²) in [7, 11) is 0. The summed E-state index contributed by atoms with van der Waals surface area (Å²) < 4.78 is 0. The zero-order valence-electron chi connectivity index (χ0n) is 13.9. The number of nitrogens with one attached hydrogen (secondary N) is 2. The molecule has 2 aliphatic heterocycles. The first kappa shape index (κ1) is 17.3. The van der Waals surface area contributed by atoms with Crippen molar-refractivity contribution in [2.24, 2.45) is 0 Å². The van der Waals surface area contributed by atoms with E-state index in [1.54, 1.807) is 0 Å². The molecular formula is C18H25N3O2S. The maximum absolute atomic E-state index is 12.1. The molecule has 0 aliphatic carbocycles. The minimum absolute atomic E-state index is 0.0927. The minimum Gasteiger partial charge on any atom is -0.352 e. The Morgan fingerprint density at radius 3 is 3.00 bits per heavy atom. The van der Waals surface area contributed by atoms with Crippen LogP contribution in [0.5, 0.6) is 0 Å². The highest BCUT2D eigenvalue weighted by molar-refractivity contribution is 7.99. The van der Waals surface area contributed by atoms with Crippen LogP contribution in [0.25, 0.3) is 0 Å². The number of carbonyl (C=O) groups is 2. The topological polar surface area (TPSA) is 61.4 Å². The molecule has 0 saturated carbocycles. The Labute approximate surface area is 147 Å². The molecule has 0 aromatic heterocycles. The summed E-state index contributed by atoms with van der Waals surface area (Å²) in [6, 6.07) is 8.43. The largest absolute Gasteiger partial charge is 0.352 e. The van der Waals surface area contributed by atoms with Crippen molar-refractivity contribution in [2.45, 2.75) is 38.4 Å². The van der Waals surface area contributed by atoms with Gasteiger partial charge in [0.05, 0.1) is 0 Å². The van der Waals surface area contributed by atoms with Gasteiger partial charge in [-0.15, -0.1) is 0 Å². The Morgan fingerprint density at radius 1 is 1.38 bits per heavy atom. The van der Waals surface area contributed by atoms with Gasteiger partial charge in [-0.2, -0.15) is 11.8 Å². The molecule has 2 N–H and O–H groups in total. The standard InChI is InChI=1S/C18H25N3O2S/c22-17(10-16-13-24-8-6-19-16)20-11-14-3-1-4-15(9-14)12-21-7-2-5-18(21)23/h1,3-4,9,16,19H,2,5-8,10-13H2,(H,20,22). The normalized spacial score (nSPS) is 21.1. The maximum Gasteiger partial charge on any atom is 0.222 e. The van der Waals surface area contributed by atoms with E-state index in [0.29, 0.717) is 25.9 Å². The lowest BCUT2D eigenvalue weighted by Gasteiger charge is -2.22. The third-order valence-corrected chi connectivity index (χ3v) is 5.59. The molecule has 2 saturated heterocycles. The molecular weight excluding hydrogens is 322 g/mol. The van der Waals surface area contributed by atoms with Crippen molar-refractivity contribution >= 4 is 23.6 Å². The van der Waals surface area contributed by atoms with Gasteiger partial charge in [0, 0.05) is 56.6 Å². The highest BCUT2D eigenvalue weighted by Gasteiger charge is 2.20. The van der Waals surface area contributed by atoms with E-state index in [4.69, 9.17) is 0 Å². The van der Waals surface area contributed by atoms with Crippen molar-refractivity contribution in [1.82, 2.24) is 15.5 Å². The number of hydrogen-bond donors (Lipinski definition) is 2. The number of rotatable bonds is 6. The monoisotopic (exact) mass is 347 g/mol. The van der Waals surface area contributed by atoms with Crippen molar-refractivity contribution < 1.29 is 9.59 Å². The van der Waals surface area contributed by atoms with Gasteiger partial charge < -0.3 is 15.5 Å². The maximum atomic E-state index is 12.1. The number of hydrogen-bond acceptors (Lipinski definition) is 4. The van der Waals surface area contributed by atoms with Crippen LogP contribution in [0.15, 0.2) is 24.3 Å². The Balaban J connectivity index is 1.47. The van der Waals surface area contributed by atoms with Gasteiger partial charge >= 0.3 is 0 Å². The van der Waals surface area contributed by atoms with Gasteiger partial charge in [0.1, 0.15) is 0 Å². The molecule has 0 spiro atoms. The summed E-state index contributed by atoms with van der Waals surface area (Å²) >= 11 is 1.90. The van der Waals surface area contributed by atoms with Gasteiger partial charge in [0.2, 0.25) is 11.8 Å². The van der Waals surface area contributed by atoms with E-state index < -0.39 is 0 Å². The molecule has 130 valence electrons. The summed E-state index contributed by atoms with van der Waals surface area (Å²) in [6.45, 7) is 3.05. The van der Waals surface area contributed by atoms with Crippen LogP contribution >= 0.6 is 11.8 Å². The minimum atomic E-state index is 0.0927. The number of likely N-dealkylation sites (tertiary alicyclic amines) is 1. The highest BCUT2D eigenvalue weighted by atomic mass is 32.2. The third-order valence-electron chi connectivity index (χ3n) is 4.46. The first-order valence-electron chi connectivity index (χ1n) is 8.64. The molecule has 0 radical (unpaired) electrons. The van der Waals surface area contributed by atoms with Crippen molar-refractivity contribution in [3.8, 4) is 0 Å². The van der Waals surface area contributed by atoms with Crippen LogP contribution in [-0.2, 0) is 22.7 Å². The Hall–Kier alpha value is -1.53. The van der Waals surface area contributed by atoms with Gasteiger partial charge in [-0.05, 0) is 17.5 Å². The molecule has 1 aromatic carbocycles. The van der Waals surface area contributed by atoms with Crippen LogP contribution in [0, 0.1) is 0 Å². The number of benzene rings is 1. The van der Waals surface area contributed by atoms with E-state index in [-0.39, 0.29) is 17.9 Å². The fourth-order valence-corrected chi connectivity index (χ4v) is 4.13. The second-order valence-corrected chi connectivity index (χ2v) is 7.60. The van der Waals surface area contributed by atoms with Crippen LogP contribution in [0.4, 0.5) is 0 Å². The molecule has 2 fully saturated rings. The van der Waals surface area contributed by atoms with E-state index in [1.807, 2.05) is 34.9 Å². The fraction of sp³-hybridized carbons (Fsp3) is 0.556. The van der Waals surface area contributed by atoms with Crippen molar-refractivity contribution in [1.29, 1.82) is 0 Å². The van der Waals surface area contributed by atoms with Gasteiger partial charge in [-0.1, -0.05) is 24.3 Å². The van der Waals surface area contributed by atoms with Crippen molar-refractivity contribution in [3.05, 3.63) is 35.4 Å². The highest BCUT2D eigenvalue weighted by Crippen LogP contribution is 2.15. The third kappa shape index (κ3) is 4.98. The summed E-state index contributed by atoms with van der Waals surface area (Å²) in [6.07, 6.45) is 2.17. The second kappa shape index (κ2) is 8.53. The van der Waals surface area contributed by atoms with Crippen LogP contribution in [0.2, 0.25) is 0 Å². The lowest BCUT2D eigenvalue weighted by molar-refractivity contribution is -0.128. The molecule has 2 heterocycles. The lowest BCUT2D eigenvalue weighted by Crippen LogP contribution is -2.41.